The Morgan fingerprint density at radius 1 is 1.35 bits per heavy atom. The molecular formula is C18H21N3O5. The monoisotopic (exact) mass is 359 g/mol. The molecule has 4 rings (SSSR count). The van der Waals surface area contributed by atoms with Crippen LogP contribution in [0.4, 0.5) is 0 Å². The molecule has 0 bridgehead atoms. The van der Waals surface area contributed by atoms with Crippen molar-refractivity contribution in [3.8, 4) is 11.5 Å². The Balaban J connectivity index is 1.44. The first-order valence-electron chi connectivity index (χ1n) is 8.75. The van der Waals surface area contributed by atoms with Gasteiger partial charge in [0.15, 0.2) is 17.3 Å². The molecule has 1 amide bonds. The molecule has 2 aromatic rings. The Morgan fingerprint density at radius 3 is 3.12 bits per heavy atom. The normalized spacial score (nSPS) is 19.0. The lowest BCUT2D eigenvalue weighted by Crippen LogP contribution is -2.39. The summed E-state index contributed by atoms with van der Waals surface area (Å²) in [5.41, 5.74) is 0.598. The second kappa shape index (κ2) is 7.33. The number of likely N-dealkylation sites (tertiary alicyclic amines) is 1. The van der Waals surface area contributed by atoms with Crippen molar-refractivity contribution in [2.75, 3.05) is 33.6 Å². The third-order valence-corrected chi connectivity index (χ3v) is 4.69. The fraction of sp³-hybridized carbons (Fsp3) is 0.500. The van der Waals surface area contributed by atoms with Crippen LogP contribution < -0.4 is 9.47 Å². The van der Waals surface area contributed by atoms with E-state index in [1.165, 1.54) is 0 Å². The van der Waals surface area contributed by atoms with Crippen LogP contribution in [-0.4, -0.2) is 54.5 Å². The number of amides is 1. The number of fused-ring (bicyclic) bond motifs is 1. The predicted octanol–water partition coefficient (Wildman–Crippen LogP) is 2.01. The van der Waals surface area contributed by atoms with Gasteiger partial charge in [-0.3, -0.25) is 4.79 Å². The van der Waals surface area contributed by atoms with Gasteiger partial charge < -0.3 is 23.6 Å². The van der Waals surface area contributed by atoms with Crippen LogP contribution >= 0.6 is 0 Å². The van der Waals surface area contributed by atoms with Crippen LogP contribution in [0.2, 0.25) is 0 Å². The molecule has 1 saturated heterocycles. The molecule has 8 heteroatoms. The number of carbonyl (C=O) groups is 1. The van der Waals surface area contributed by atoms with Crippen molar-refractivity contribution in [3.05, 3.63) is 35.5 Å². The van der Waals surface area contributed by atoms with Crippen LogP contribution in [-0.2, 0) is 11.2 Å². The predicted molar refractivity (Wildman–Crippen MR) is 90.3 cm³/mol. The Morgan fingerprint density at radius 2 is 2.23 bits per heavy atom. The first-order valence-corrected chi connectivity index (χ1v) is 8.75. The number of nitrogens with zero attached hydrogens (tertiary/aromatic N) is 3. The quantitative estimate of drug-likeness (QED) is 0.807. The molecule has 26 heavy (non-hydrogen) atoms. The van der Waals surface area contributed by atoms with Crippen molar-refractivity contribution in [1.82, 2.24) is 15.0 Å². The summed E-state index contributed by atoms with van der Waals surface area (Å²) in [6.45, 7) is 2.04. The van der Waals surface area contributed by atoms with E-state index in [0.717, 1.165) is 12.8 Å². The summed E-state index contributed by atoms with van der Waals surface area (Å²) in [4.78, 5) is 19.2. The van der Waals surface area contributed by atoms with E-state index in [-0.39, 0.29) is 18.6 Å². The lowest BCUT2D eigenvalue weighted by atomic mass is 9.97. The van der Waals surface area contributed by atoms with Crippen molar-refractivity contribution in [1.29, 1.82) is 0 Å². The molecule has 0 radical (unpaired) electrons. The van der Waals surface area contributed by atoms with Gasteiger partial charge in [0, 0.05) is 32.2 Å². The van der Waals surface area contributed by atoms with Crippen molar-refractivity contribution in [3.63, 3.8) is 0 Å². The minimum absolute atomic E-state index is 0.0212. The fourth-order valence-corrected chi connectivity index (χ4v) is 3.30. The molecule has 1 aromatic heterocycles. The average Bonchev–Trinajstić information content (AvgIpc) is 3.34. The minimum atomic E-state index is -0.0212. The van der Waals surface area contributed by atoms with Crippen LogP contribution in [0.1, 0.15) is 40.8 Å². The molecular weight excluding hydrogens is 338 g/mol. The lowest BCUT2D eigenvalue weighted by Gasteiger charge is -2.31. The maximum atomic E-state index is 12.9. The minimum Gasteiger partial charge on any atom is -0.454 e. The molecule has 0 N–H and O–H groups in total. The van der Waals surface area contributed by atoms with Crippen LogP contribution in [0.15, 0.2) is 22.7 Å². The number of piperidine rings is 1. The van der Waals surface area contributed by atoms with Gasteiger partial charge in [-0.1, -0.05) is 5.16 Å². The lowest BCUT2D eigenvalue weighted by molar-refractivity contribution is 0.0695. The topological polar surface area (TPSA) is 86.9 Å². The van der Waals surface area contributed by atoms with E-state index >= 15 is 0 Å². The van der Waals surface area contributed by atoms with Crippen LogP contribution in [0, 0.1) is 0 Å². The summed E-state index contributed by atoms with van der Waals surface area (Å²) in [7, 11) is 1.64. The molecule has 0 aliphatic carbocycles. The summed E-state index contributed by atoms with van der Waals surface area (Å²) in [6.07, 6.45) is 2.44. The fourth-order valence-electron chi connectivity index (χ4n) is 3.30. The molecule has 0 unspecified atom stereocenters. The summed E-state index contributed by atoms with van der Waals surface area (Å²) in [5.74, 6) is 2.56. The van der Waals surface area contributed by atoms with E-state index < -0.39 is 0 Å². The van der Waals surface area contributed by atoms with Gasteiger partial charge in [-0.25, -0.2) is 0 Å². The van der Waals surface area contributed by atoms with Gasteiger partial charge in [0.05, 0.1) is 12.5 Å². The van der Waals surface area contributed by atoms with Crippen LogP contribution in [0.5, 0.6) is 11.5 Å². The number of methoxy groups -OCH3 is 1. The van der Waals surface area contributed by atoms with Gasteiger partial charge in [-0.15, -0.1) is 0 Å². The molecule has 2 aliphatic heterocycles. The standard InChI is InChI=1S/C18H21N3O5/c1-23-8-6-16-19-17(26-20-16)13-3-2-7-21(10-13)18(22)12-4-5-14-15(9-12)25-11-24-14/h4-5,9,13H,2-3,6-8,10-11H2,1H3/t13-/m1/s1. The third kappa shape index (κ3) is 3.37. The highest BCUT2D eigenvalue weighted by Gasteiger charge is 2.29. The smallest absolute Gasteiger partial charge is 0.254 e. The molecule has 0 saturated carbocycles. The van der Waals surface area contributed by atoms with Gasteiger partial charge >= 0.3 is 0 Å². The van der Waals surface area contributed by atoms with Gasteiger partial charge in [-0.2, -0.15) is 4.98 Å². The van der Waals surface area contributed by atoms with Crippen molar-refractivity contribution in [2.24, 2.45) is 0 Å². The van der Waals surface area contributed by atoms with E-state index in [4.69, 9.17) is 18.7 Å². The number of aromatic nitrogens is 2. The number of carbonyl (C=O) groups excluding carboxylic acids is 1. The number of ether oxygens (including phenoxy) is 3. The first kappa shape index (κ1) is 16.8. The largest absolute Gasteiger partial charge is 0.454 e. The second-order valence-corrected chi connectivity index (χ2v) is 6.45. The van der Waals surface area contributed by atoms with E-state index in [2.05, 4.69) is 10.1 Å². The number of benzene rings is 1. The highest BCUT2D eigenvalue weighted by molar-refractivity contribution is 5.95. The molecule has 138 valence electrons. The van der Waals surface area contributed by atoms with E-state index in [9.17, 15) is 4.79 Å². The zero-order valence-corrected chi connectivity index (χ0v) is 14.6. The number of rotatable bonds is 5. The number of hydrogen-bond acceptors (Lipinski definition) is 7. The highest BCUT2D eigenvalue weighted by atomic mass is 16.7. The Bertz CT molecular complexity index is 791. The molecule has 1 aromatic carbocycles. The van der Waals surface area contributed by atoms with Gasteiger partial charge in [0.25, 0.3) is 5.91 Å². The van der Waals surface area contributed by atoms with Crippen molar-refractivity contribution >= 4 is 5.91 Å². The SMILES string of the molecule is COCCc1noc([C@@H]2CCCN(C(=O)c3ccc4c(c3)OCO4)C2)n1. The Hall–Kier alpha value is -2.61. The van der Waals surface area contributed by atoms with Gasteiger partial charge in [0.1, 0.15) is 0 Å². The Labute approximate surface area is 151 Å². The van der Waals surface area contributed by atoms with Gasteiger partial charge in [-0.05, 0) is 31.0 Å². The molecule has 3 heterocycles. The molecule has 1 atom stereocenters. The zero-order valence-electron chi connectivity index (χ0n) is 14.6. The zero-order chi connectivity index (χ0) is 17.9. The van der Waals surface area contributed by atoms with E-state index in [0.29, 0.717) is 54.9 Å². The van der Waals surface area contributed by atoms with Crippen LogP contribution in [0.3, 0.4) is 0 Å². The molecule has 1 fully saturated rings. The summed E-state index contributed by atoms with van der Waals surface area (Å²) < 4.78 is 21.1. The molecule has 0 spiro atoms. The maximum absolute atomic E-state index is 12.9. The van der Waals surface area contributed by atoms with Crippen molar-refractivity contribution < 1.29 is 23.5 Å². The number of hydrogen-bond donors (Lipinski definition) is 0. The van der Waals surface area contributed by atoms with Gasteiger partial charge in [0.2, 0.25) is 12.7 Å². The average molecular weight is 359 g/mol. The summed E-state index contributed by atoms with van der Waals surface area (Å²) in [5, 5.41) is 4.00. The molecule has 8 nitrogen and oxygen atoms in total. The van der Waals surface area contributed by atoms with E-state index in [1.807, 2.05) is 4.90 Å². The Kier molecular flexibility index (Phi) is 4.75. The second-order valence-electron chi connectivity index (χ2n) is 6.45. The van der Waals surface area contributed by atoms with E-state index in [1.54, 1.807) is 25.3 Å². The highest BCUT2D eigenvalue weighted by Crippen LogP contribution is 2.33. The molecule has 2 aliphatic rings. The van der Waals surface area contributed by atoms with Crippen molar-refractivity contribution in [2.45, 2.75) is 25.2 Å². The summed E-state index contributed by atoms with van der Waals surface area (Å²) >= 11 is 0. The summed E-state index contributed by atoms with van der Waals surface area (Å²) in [6, 6.07) is 5.29. The third-order valence-electron chi connectivity index (χ3n) is 4.69. The first-order chi connectivity index (χ1) is 12.7. The van der Waals surface area contributed by atoms with Crippen LogP contribution in [0.25, 0.3) is 0 Å². The maximum Gasteiger partial charge on any atom is 0.254 e.